The van der Waals surface area contributed by atoms with Gasteiger partial charge in [-0.1, -0.05) is 13.8 Å². The minimum Gasteiger partial charge on any atom is -0.465 e. The molecule has 0 aliphatic rings. The first-order chi connectivity index (χ1) is 9.61. The number of esters is 1. The van der Waals surface area contributed by atoms with Crippen LogP contribution < -0.4 is 5.32 Å². The van der Waals surface area contributed by atoms with E-state index in [0.717, 1.165) is 6.54 Å². The highest BCUT2D eigenvalue weighted by molar-refractivity contribution is 5.82. The summed E-state index contributed by atoms with van der Waals surface area (Å²) in [4.78, 5) is 12.4. The maximum atomic E-state index is 12.4. The van der Waals surface area contributed by atoms with Crippen LogP contribution in [0.2, 0.25) is 0 Å². The fourth-order valence-electron chi connectivity index (χ4n) is 2.46. The highest BCUT2D eigenvalue weighted by Gasteiger charge is 2.43. The van der Waals surface area contributed by atoms with Gasteiger partial charge in [-0.2, -0.15) is 0 Å². The largest absolute Gasteiger partial charge is 0.465 e. The fraction of sp³-hybridized carbons (Fsp3) is 0.786. The van der Waals surface area contributed by atoms with Crippen LogP contribution in [0.5, 0.6) is 0 Å². The number of carbonyl (C=O) groups is 1. The van der Waals surface area contributed by atoms with Crippen molar-refractivity contribution in [2.75, 3.05) is 18.5 Å². The van der Waals surface area contributed by atoms with Gasteiger partial charge in [0.15, 0.2) is 5.82 Å². The van der Waals surface area contributed by atoms with Crippen LogP contribution in [-0.2, 0) is 21.5 Å². The molecule has 6 heteroatoms. The van der Waals surface area contributed by atoms with Crippen LogP contribution in [0.25, 0.3) is 0 Å². The van der Waals surface area contributed by atoms with Crippen molar-refractivity contribution in [1.82, 2.24) is 14.8 Å². The summed E-state index contributed by atoms with van der Waals surface area (Å²) in [6, 6.07) is 0. The predicted molar refractivity (Wildman–Crippen MR) is 78.8 cm³/mol. The van der Waals surface area contributed by atoms with Crippen molar-refractivity contribution >= 4 is 11.9 Å². The lowest BCUT2D eigenvalue weighted by molar-refractivity contribution is -0.151. The van der Waals surface area contributed by atoms with Crippen molar-refractivity contribution < 1.29 is 9.53 Å². The fourth-order valence-corrected chi connectivity index (χ4v) is 2.46. The topological polar surface area (TPSA) is 69.0 Å². The molecule has 0 aliphatic carbocycles. The molecule has 0 radical (unpaired) electrons. The molecule has 0 spiro atoms. The molecule has 0 saturated heterocycles. The number of rotatable bonds is 8. The first-order valence-electron chi connectivity index (χ1n) is 7.45. The van der Waals surface area contributed by atoms with Crippen molar-refractivity contribution in [3.05, 3.63) is 5.82 Å². The van der Waals surface area contributed by atoms with E-state index in [1.165, 1.54) is 0 Å². The normalized spacial score (nSPS) is 11.4. The lowest BCUT2D eigenvalue weighted by Crippen LogP contribution is -2.39. The Morgan fingerprint density at radius 1 is 1.20 bits per heavy atom. The number of anilines is 1. The Bertz CT molecular complexity index is 438. The van der Waals surface area contributed by atoms with Crippen LogP contribution >= 0.6 is 0 Å². The van der Waals surface area contributed by atoms with E-state index in [2.05, 4.69) is 15.5 Å². The molecule has 114 valence electrons. The summed E-state index contributed by atoms with van der Waals surface area (Å²) in [5.74, 6) is 1.19. The lowest BCUT2D eigenvalue weighted by atomic mass is 9.81. The predicted octanol–water partition coefficient (Wildman–Crippen LogP) is 2.35. The second kappa shape index (κ2) is 7.26. The van der Waals surface area contributed by atoms with Gasteiger partial charge in [0.25, 0.3) is 0 Å². The van der Waals surface area contributed by atoms with Gasteiger partial charge < -0.3 is 10.1 Å². The minimum atomic E-state index is -0.716. The van der Waals surface area contributed by atoms with Crippen molar-refractivity contribution in [2.45, 2.75) is 59.4 Å². The zero-order valence-corrected chi connectivity index (χ0v) is 13.2. The maximum absolute atomic E-state index is 12.4. The number of hydrogen-bond acceptors (Lipinski definition) is 5. The number of ether oxygens (including phenoxy) is 1. The van der Waals surface area contributed by atoms with Gasteiger partial charge in [0.1, 0.15) is 5.41 Å². The zero-order valence-electron chi connectivity index (χ0n) is 13.2. The average molecular weight is 282 g/mol. The van der Waals surface area contributed by atoms with E-state index in [0.29, 0.717) is 37.8 Å². The van der Waals surface area contributed by atoms with E-state index in [4.69, 9.17) is 4.74 Å². The summed E-state index contributed by atoms with van der Waals surface area (Å²) < 4.78 is 7.24. The molecule has 1 aromatic heterocycles. The second-order valence-electron chi connectivity index (χ2n) is 4.63. The molecule has 0 saturated carbocycles. The third-order valence-corrected chi connectivity index (χ3v) is 3.70. The van der Waals surface area contributed by atoms with Gasteiger partial charge in [0.2, 0.25) is 5.95 Å². The third kappa shape index (κ3) is 2.78. The summed E-state index contributed by atoms with van der Waals surface area (Å²) in [6.45, 7) is 11.7. The average Bonchev–Trinajstić information content (AvgIpc) is 2.85. The number of hydrogen-bond donors (Lipinski definition) is 1. The molecular formula is C14H26N4O2. The van der Waals surface area contributed by atoms with Gasteiger partial charge in [0, 0.05) is 13.1 Å². The summed E-state index contributed by atoms with van der Waals surface area (Å²) in [7, 11) is 0. The van der Waals surface area contributed by atoms with Gasteiger partial charge >= 0.3 is 5.97 Å². The molecule has 6 nitrogen and oxygen atoms in total. The van der Waals surface area contributed by atoms with E-state index in [1.807, 2.05) is 39.2 Å². The Morgan fingerprint density at radius 3 is 2.30 bits per heavy atom. The zero-order chi connectivity index (χ0) is 15.2. The van der Waals surface area contributed by atoms with E-state index in [-0.39, 0.29) is 5.97 Å². The van der Waals surface area contributed by atoms with Gasteiger partial charge in [0.05, 0.1) is 6.61 Å². The highest BCUT2D eigenvalue weighted by Crippen LogP contribution is 2.33. The van der Waals surface area contributed by atoms with Gasteiger partial charge in [-0.05, 0) is 33.6 Å². The molecule has 0 aliphatic heterocycles. The third-order valence-electron chi connectivity index (χ3n) is 3.70. The number of nitrogens with one attached hydrogen (secondary N) is 1. The highest BCUT2D eigenvalue weighted by atomic mass is 16.5. The molecule has 0 bridgehead atoms. The lowest BCUT2D eigenvalue weighted by Gasteiger charge is -2.28. The SMILES string of the molecule is CCNc1nnc(C(CC)(CC)C(=O)OCC)n1CC. The Kier molecular flexibility index (Phi) is 5.98. The van der Waals surface area contributed by atoms with Crippen LogP contribution in [0.1, 0.15) is 53.3 Å². The Hall–Kier alpha value is -1.59. The van der Waals surface area contributed by atoms with Crippen LogP contribution in [0.15, 0.2) is 0 Å². The first-order valence-corrected chi connectivity index (χ1v) is 7.45. The summed E-state index contributed by atoms with van der Waals surface area (Å²) >= 11 is 0. The number of aromatic nitrogens is 3. The second-order valence-corrected chi connectivity index (χ2v) is 4.63. The molecule has 1 aromatic rings. The van der Waals surface area contributed by atoms with Crippen LogP contribution in [0, 0.1) is 0 Å². The van der Waals surface area contributed by atoms with Crippen molar-refractivity contribution in [3.8, 4) is 0 Å². The smallest absolute Gasteiger partial charge is 0.319 e. The van der Waals surface area contributed by atoms with Gasteiger partial charge in [-0.25, -0.2) is 0 Å². The molecule has 0 atom stereocenters. The molecule has 0 fully saturated rings. The molecule has 0 aromatic carbocycles. The van der Waals surface area contributed by atoms with Crippen LogP contribution in [-0.4, -0.2) is 33.9 Å². The molecular weight excluding hydrogens is 256 g/mol. The first kappa shape index (κ1) is 16.5. The minimum absolute atomic E-state index is 0.213. The van der Waals surface area contributed by atoms with Gasteiger partial charge in [-0.3, -0.25) is 9.36 Å². The molecule has 20 heavy (non-hydrogen) atoms. The summed E-state index contributed by atoms with van der Waals surface area (Å²) in [5, 5.41) is 11.6. The van der Waals surface area contributed by atoms with Crippen molar-refractivity contribution in [2.24, 2.45) is 0 Å². The number of nitrogens with zero attached hydrogens (tertiary/aromatic N) is 3. The van der Waals surface area contributed by atoms with E-state index in [1.54, 1.807) is 0 Å². The summed E-state index contributed by atoms with van der Waals surface area (Å²) in [5.41, 5.74) is -0.716. The monoisotopic (exact) mass is 282 g/mol. The van der Waals surface area contributed by atoms with Crippen molar-refractivity contribution in [1.29, 1.82) is 0 Å². The van der Waals surface area contributed by atoms with Crippen molar-refractivity contribution in [3.63, 3.8) is 0 Å². The molecule has 1 N–H and O–H groups in total. The molecule has 0 unspecified atom stereocenters. The molecule has 0 amide bonds. The van der Waals surface area contributed by atoms with Crippen LogP contribution in [0.3, 0.4) is 0 Å². The van der Waals surface area contributed by atoms with E-state index < -0.39 is 5.41 Å². The molecule has 1 rings (SSSR count). The van der Waals surface area contributed by atoms with E-state index >= 15 is 0 Å². The van der Waals surface area contributed by atoms with Gasteiger partial charge in [-0.15, -0.1) is 10.2 Å². The Morgan fingerprint density at radius 2 is 1.85 bits per heavy atom. The van der Waals surface area contributed by atoms with E-state index in [9.17, 15) is 4.79 Å². The standard InChI is InChI=1S/C14H26N4O2/c1-6-14(7-2,12(19)20-10-5)11-16-17-13(15-8-3)18(11)9-4/h6-10H2,1-5H3,(H,15,17). The maximum Gasteiger partial charge on any atom is 0.319 e. The summed E-state index contributed by atoms with van der Waals surface area (Å²) in [6.07, 6.45) is 1.29. The van der Waals surface area contributed by atoms with Crippen LogP contribution in [0.4, 0.5) is 5.95 Å². The Balaban J connectivity index is 3.31. The Labute approximate surface area is 120 Å². The quantitative estimate of drug-likeness (QED) is 0.741. The molecule has 1 heterocycles. The number of carbonyl (C=O) groups excluding carboxylic acids is 1.